The van der Waals surface area contributed by atoms with Crippen LogP contribution in [0, 0.1) is 12.8 Å². The van der Waals surface area contributed by atoms with E-state index in [2.05, 4.69) is 13.8 Å². The van der Waals surface area contributed by atoms with Gasteiger partial charge in [-0.15, -0.1) is 0 Å². The third-order valence-corrected chi connectivity index (χ3v) is 3.62. The average molecular weight is 288 g/mol. The van der Waals surface area contributed by atoms with Crippen LogP contribution in [0.2, 0.25) is 0 Å². The van der Waals surface area contributed by atoms with Crippen molar-refractivity contribution in [2.75, 3.05) is 6.61 Å². The van der Waals surface area contributed by atoms with Gasteiger partial charge in [-0.1, -0.05) is 33.1 Å². The maximum atomic E-state index is 11.4. The Kier molecular flexibility index (Phi) is 5.43. The van der Waals surface area contributed by atoms with E-state index in [0.29, 0.717) is 12.2 Å². The van der Waals surface area contributed by atoms with Gasteiger partial charge >= 0.3 is 5.63 Å². The number of ether oxygens (including phenoxy) is 1. The molecule has 3 heteroatoms. The first-order valence-corrected chi connectivity index (χ1v) is 7.73. The molecule has 3 nitrogen and oxygen atoms in total. The highest BCUT2D eigenvalue weighted by Crippen LogP contribution is 2.22. The smallest absolute Gasteiger partial charge is 0.336 e. The first-order chi connectivity index (χ1) is 10.1. The summed E-state index contributed by atoms with van der Waals surface area (Å²) in [6.45, 7) is 7.12. The monoisotopic (exact) mass is 288 g/mol. The number of fused-ring (bicyclic) bond motifs is 1. The lowest BCUT2D eigenvalue weighted by Gasteiger charge is -2.08. The van der Waals surface area contributed by atoms with Crippen molar-refractivity contribution >= 4 is 11.0 Å². The zero-order chi connectivity index (χ0) is 15.2. The molecule has 1 aromatic carbocycles. The van der Waals surface area contributed by atoms with E-state index in [1.807, 2.05) is 19.1 Å². The lowest BCUT2D eigenvalue weighted by Crippen LogP contribution is -2.00. The molecule has 0 amide bonds. The van der Waals surface area contributed by atoms with Gasteiger partial charge in [-0.05, 0) is 37.0 Å². The van der Waals surface area contributed by atoms with Crippen molar-refractivity contribution in [3.8, 4) is 5.75 Å². The minimum atomic E-state index is -0.314. The summed E-state index contributed by atoms with van der Waals surface area (Å²) in [5.41, 5.74) is 1.21. The Bertz CT molecular complexity index is 640. The van der Waals surface area contributed by atoms with Crippen LogP contribution in [0.4, 0.5) is 0 Å². The molecular formula is C18H24O3. The van der Waals surface area contributed by atoms with Crippen molar-refractivity contribution in [1.82, 2.24) is 0 Å². The van der Waals surface area contributed by atoms with E-state index in [9.17, 15) is 4.79 Å². The van der Waals surface area contributed by atoms with Crippen LogP contribution < -0.4 is 10.4 Å². The summed E-state index contributed by atoms with van der Waals surface area (Å²) in [6.07, 6.45) is 4.79. The summed E-state index contributed by atoms with van der Waals surface area (Å²) in [6, 6.07) is 7.20. The van der Waals surface area contributed by atoms with Gasteiger partial charge in [-0.3, -0.25) is 0 Å². The molecule has 2 rings (SSSR count). The molecule has 1 aromatic heterocycles. The summed E-state index contributed by atoms with van der Waals surface area (Å²) in [7, 11) is 0. The van der Waals surface area contributed by atoms with Crippen LogP contribution in [0.3, 0.4) is 0 Å². The topological polar surface area (TPSA) is 39.4 Å². The normalized spacial score (nSPS) is 11.2. The van der Waals surface area contributed by atoms with Gasteiger partial charge in [0, 0.05) is 17.5 Å². The SMILES string of the molecule is Cc1cc(=O)oc2cc(OCCCCCC(C)C)ccc12. The molecule has 2 aromatic rings. The quantitative estimate of drug-likeness (QED) is 0.548. The molecule has 0 unspecified atom stereocenters. The molecule has 1 heterocycles. The largest absolute Gasteiger partial charge is 0.493 e. The zero-order valence-electron chi connectivity index (χ0n) is 13.1. The average Bonchev–Trinajstić information content (AvgIpc) is 2.41. The Balaban J connectivity index is 1.90. The number of hydrogen-bond acceptors (Lipinski definition) is 3. The van der Waals surface area contributed by atoms with Crippen LogP contribution in [0.5, 0.6) is 5.75 Å². The molecule has 0 saturated heterocycles. The van der Waals surface area contributed by atoms with Crippen LogP contribution in [0.1, 0.15) is 45.1 Å². The Morgan fingerprint density at radius 3 is 2.71 bits per heavy atom. The molecule has 0 aliphatic rings. The Morgan fingerprint density at radius 1 is 1.14 bits per heavy atom. The predicted octanol–water partition coefficient (Wildman–Crippen LogP) is 4.70. The van der Waals surface area contributed by atoms with Crippen LogP contribution >= 0.6 is 0 Å². The third-order valence-electron chi connectivity index (χ3n) is 3.62. The molecular weight excluding hydrogens is 264 g/mol. The van der Waals surface area contributed by atoms with Gasteiger partial charge < -0.3 is 9.15 Å². The molecule has 114 valence electrons. The van der Waals surface area contributed by atoms with Gasteiger partial charge in [0.2, 0.25) is 0 Å². The summed E-state index contributed by atoms with van der Waals surface area (Å²) in [4.78, 5) is 11.4. The van der Waals surface area contributed by atoms with E-state index < -0.39 is 0 Å². The van der Waals surface area contributed by atoms with Crippen LogP contribution in [-0.4, -0.2) is 6.61 Å². The van der Waals surface area contributed by atoms with Crippen molar-refractivity contribution < 1.29 is 9.15 Å². The summed E-state index contributed by atoms with van der Waals surface area (Å²) < 4.78 is 11.0. The highest BCUT2D eigenvalue weighted by atomic mass is 16.5. The van der Waals surface area contributed by atoms with Gasteiger partial charge in [0.15, 0.2) is 0 Å². The van der Waals surface area contributed by atoms with E-state index in [1.165, 1.54) is 25.3 Å². The lowest BCUT2D eigenvalue weighted by molar-refractivity contribution is 0.303. The molecule has 0 saturated carbocycles. The molecule has 0 atom stereocenters. The van der Waals surface area contributed by atoms with Crippen LogP contribution in [0.15, 0.2) is 33.5 Å². The molecule has 0 spiro atoms. The van der Waals surface area contributed by atoms with Crippen LogP contribution in [0.25, 0.3) is 11.0 Å². The molecule has 0 N–H and O–H groups in total. The standard InChI is InChI=1S/C18H24O3/c1-13(2)7-5-4-6-10-20-15-8-9-16-14(3)11-18(19)21-17(16)12-15/h8-9,11-13H,4-7,10H2,1-3H3. The van der Waals surface area contributed by atoms with Crippen molar-refractivity contribution in [3.63, 3.8) is 0 Å². The number of hydrogen-bond donors (Lipinski definition) is 0. The fourth-order valence-electron chi connectivity index (χ4n) is 2.42. The highest BCUT2D eigenvalue weighted by Gasteiger charge is 2.04. The number of rotatable bonds is 7. The first-order valence-electron chi connectivity index (χ1n) is 7.73. The van der Waals surface area contributed by atoms with Gasteiger partial charge in [0.25, 0.3) is 0 Å². The molecule has 21 heavy (non-hydrogen) atoms. The molecule has 0 fully saturated rings. The number of unbranched alkanes of at least 4 members (excludes halogenated alkanes) is 2. The molecule has 0 radical (unpaired) electrons. The number of aryl methyl sites for hydroxylation is 1. The highest BCUT2D eigenvalue weighted by molar-refractivity contribution is 5.81. The minimum Gasteiger partial charge on any atom is -0.493 e. The van der Waals surface area contributed by atoms with Crippen molar-refractivity contribution in [1.29, 1.82) is 0 Å². The van der Waals surface area contributed by atoms with E-state index in [4.69, 9.17) is 9.15 Å². The summed E-state index contributed by atoms with van der Waals surface area (Å²) in [5.74, 6) is 1.54. The second-order valence-corrected chi connectivity index (χ2v) is 6.00. The van der Waals surface area contributed by atoms with Crippen molar-refractivity contribution in [2.24, 2.45) is 5.92 Å². The first kappa shape index (κ1) is 15.6. The van der Waals surface area contributed by atoms with Crippen LogP contribution in [-0.2, 0) is 0 Å². The van der Waals surface area contributed by atoms with Gasteiger partial charge in [0.1, 0.15) is 11.3 Å². The predicted molar refractivity (Wildman–Crippen MR) is 86.0 cm³/mol. The lowest BCUT2D eigenvalue weighted by atomic mass is 10.1. The van der Waals surface area contributed by atoms with Crippen molar-refractivity contribution in [3.05, 3.63) is 40.2 Å². The van der Waals surface area contributed by atoms with E-state index in [-0.39, 0.29) is 5.63 Å². The summed E-state index contributed by atoms with van der Waals surface area (Å²) >= 11 is 0. The van der Waals surface area contributed by atoms with Gasteiger partial charge in [0.05, 0.1) is 6.61 Å². The van der Waals surface area contributed by atoms with E-state index >= 15 is 0 Å². The van der Waals surface area contributed by atoms with Gasteiger partial charge in [-0.25, -0.2) is 4.79 Å². The Hall–Kier alpha value is -1.77. The Morgan fingerprint density at radius 2 is 1.95 bits per heavy atom. The number of benzene rings is 1. The molecule has 0 bridgehead atoms. The summed E-state index contributed by atoms with van der Waals surface area (Å²) in [5, 5.41) is 0.957. The zero-order valence-corrected chi connectivity index (χ0v) is 13.1. The Labute approximate surface area is 125 Å². The third kappa shape index (κ3) is 4.62. The fourth-order valence-corrected chi connectivity index (χ4v) is 2.42. The van der Waals surface area contributed by atoms with E-state index in [0.717, 1.165) is 29.0 Å². The maximum Gasteiger partial charge on any atom is 0.336 e. The minimum absolute atomic E-state index is 0.314. The maximum absolute atomic E-state index is 11.4. The van der Waals surface area contributed by atoms with Gasteiger partial charge in [-0.2, -0.15) is 0 Å². The van der Waals surface area contributed by atoms with E-state index in [1.54, 1.807) is 6.07 Å². The molecule has 0 aliphatic carbocycles. The second-order valence-electron chi connectivity index (χ2n) is 6.00. The fraction of sp³-hybridized carbons (Fsp3) is 0.500. The molecule has 0 aliphatic heterocycles. The van der Waals surface area contributed by atoms with Crippen molar-refractivity contribution in [2.45, 2.75) is 46.5 Å². The second kappa shape index (κ2) is 7.30.